The van der Waals surface area contributed by atoms with Gasteiger partial charge in [0.15, 0.2) is 0 Å². The number of nitrogen functional groups attached to an aromatic ring is 1. The van der Waals surface area contributed by atoms with Gasteiger partial charge in [-0.25, -0.2) is 4.98 Å². The van der Waals surface area contributed by atoms with Gasteiger partial charge < -0.3 is 16.0 Å². The smallest absolute Gasteiger partial charge is 0.397 e. The molecule has 3 heterocycles. The number of amides is 2. The molecule has 1 aromatic carbocycles. The number of thiophene rings is 1. The highest BCUT2D eigenvalue weighted by Gasteiger charge is 2.41. The van der Waals surface area contributed by atoms with Gasteiger partial charge in [-0.05, 0) is 36.0 Å². The average molecular weight is 489 g/mol. The van der Waals surface area contributed by atoms with Crippen LogP contribution in [0.4, 0.5) is 24.5 Å². The molecule has 2 aliphatic rings. The Hall–Kier alpha value is -3.14. The first-order chi connectivity index (χ1) is 16.0. The van der Waals surface area contributed by atoms with Crippen molar-refractivity contribution in [2.75, 3.05) is 17.6 Å². The van der Waals surface area contributed by atoms with Gasteiger partial charge >= 0.3 is 6.18 Å². The zero-order valence-corrected chi connectivity index (χ0v) is 19.5. The summed E-state index contributed by atoms with van der Waals surface area (Å²) >= 11 is 0.850. The van der Waals surface area contributed by atoms with E-state index in [1.807, 2.05) is 12.1 Å². The van der Waals surface area contributed by atoms with Crippen molar-refractivity contribution in [2.45, 2.75) is 51.2 Å². The Morgan fingerprint density at radius 3 is 2.47 bits per heavy atom. The van der Waals surface area contributed by atoms with E-state index in [2.05, 4.69) is 17.2 Å². The van der Waals surface area contributed by atoms with E-state index in [0.717, 1.165) is 24.2 Å². The number of aromatic nitrogens is 1. The number of nitrogens with zero attached hydrogens (tertiary/aromatic N) is 2. The molecule has 0 saturated heterocycles. The first-order valence-electron chi connectivity index (χ1n) is 11.0. The van der Waals surface area contributed by atoms with Crippen LogP contribution in [-0.2, 0) is 29.4 Å². The number of carbonyl (C=O) groups excluding carboxylic acids is 2. The lowest BCUT2D eigenvalue weighted by molar-refractivity contribution is -0.138. The van der Waals surface area contributed by atoms with E-state index >= 15 is 0 Å². The maximum absolute atomic E-state index is 14.2. The van der Waals surface area contributed by atoms with Crippen LogP contribution in [0.1, 0.15) is 58.7 Å². The first-order valence-corrected chi connectivity index (χ1v) is 11.8. The Morgan fingerprint density at radius 2 is 1.88 bits per heavy atom. The number of nitrogens with two attached hydrogens (primary N) is 1. The summed E-state index contributed by atoms with van der Waals surface area (Å²) in [5.74, 6) is -0.888. The summed E-state index contributed by atoms with van der Waals surface area (Å²) in [6.45, 7) is 3.61. The summed E-state index contributed by atoms with van der Waals surface area (Å²) < 4.78 is 42.7. The maximum Gasteiger partial charge on any atom is 0.417 e. The molecule has 1 aliphatic carbocycles. The highest BCUT2D eigenvalue weighted by molar-refractivity contribution is 7.21. The van der Waals surface area contributed by atoms with Crippen LogP contribution in [0.3, 0.4) is 0 Å². The molecule has 1 fully saturated rings. The normalized spacial score (nSPS) is 16.9. The zero-order chi connectivity index (χ0) is 24.4. The summed E-state index contributed by atoms with van der Waals surface area (Å²) in [6.07, 6.45) is -2.26. The molecular formula is C24H23F3N4O2S. The fourth-order valence-electron chi connectivity index (χ4n) is 4.50. The van der Waals surface area contributed by atoms with Crippen molar-refractivity contribution in [1.29, 1.82) is 0 Å². The maximum atomic E-state index is 14.2. The molecule has 1 aliphatic heterocycles. The number of carbonyl (C=O) groups is 2. The topological polar surface area (TPSA) is 88.3 Å². The molecule has 0 bridgehead atoms. The molecule has 2 amide bonds. The minimum absolute atomic E-state index is 0.0167. The molecule has 0 atom stereocenters. The summed E-state index contributed by atoms with van der Waals surface area (Å²) in [5, 5.41) is 2.46. The lowest BCUT2D eigenvalue weighted by atomic mass is 9.96. The largest absolute Gasteiger partial charge is 0.417 e. The molecule has 178 valence electrons. The van der Waals surface area contributed by atoms with Crippen LogP contribution >= 0.6 is 11.3 Å². The lowest BCUT2D eigenvalue weighted by Gasteiger charge is -2.29. The van der Waals surface area contributed by atoms with Crippen LogP contribution in [-0.4, -0.2) is 28.2 Å². The zero-order valence-electron chi connectivity index (χ0n) is 18.7. The molecule has 0 unspecified atom stereocenters. The Labute approximate surface area is 198 Å². The average Bonchev–Trinajstić information content (AvgIpc) is 3.45. The fourth-order valence-corrected chi connectivity index (χ4v) is 5.51. The SMILES string of the molecule is CC(=O)N1CCc2nc3sc(C(=O)Nc4ccc(C5(C)CC5)cc4)c(N)c3c(C(F)(F)F)c2C1. The Bertz CT molecular complexity index is 1330. The fraction of sp³-hybridized carbons (Fsp3) is 0.375. The number of hydrogen-bond donors (Lipinski definition) is 2. The van der Waals surface area contributed by atoms with Gasteiger partial charge in [-0.3, -0.25) is 9.59 Å². The van der Waals surface area contributed by atoms with Gasteiger partial charge in [-0.2, -0.15) is 13.2 Å². The minimum Gasteiger partial charge on any atom is -0.397 e. The second kappa shape index (κ2) is 7.69. The molecule has 3 N–H and O–H groups in total. The third-order valence-electron chi connectivity index (χ3n) is 6.81. The van der Waals surface area contributed by atoms with E-state index in [9.17, 15) is 22.8 Å². The highest BCUT2D eigenvalue weighted by atomic mass is 32.1. The predicted molar refractivity (Wildman–Crippen MR) is 125 cm³/mol. The number of hydrogen-bond acceptors (Lipinski definition) is 5. The van der Waals surface area contributed by atoms with Crippen LogP contribution < -0.4 is 11.1 Å². The monoisotopic (exact) mass is 488 g/mol. The van der Waals surface area contributed by atoms with Gasteiger partial charge in [0.25, 0.3) is 5.91 Å². The van der Waals surface area contributed by atoms with Crippen molar-refractivity contribution in [3.8, 4) is 0 Å². The van der Waals surface area contributed by atoms with Crippen LogP contribution in [0.2, 0.25) is 0 Å². The van der Waals surface area contributed by atoms with Crippen LogP contribution in [0.25, 0.3) is 10.2 Å². The number of benzene rings is 1. The number of pyridine rings is 1. The molecule has 5 rings (SSSR count). The summed E-state index contributed by atoms with van der Waals surface area (Å²) in [4.78, 5) is 30.6. The van der Waals surface area contributed by atoms with Crippen molar-refractivity contribution in [3.63, 3.8) is 0 Å². The quantitative estimate of drug-likeness (QED) is 0.537. The Morgan fingerprint density at radius 1 is 1.21 bits per heavy atom. The number of nitrogens with one attached hydrogen (secondary N) is 1. The van der Waals surface area contributed by atoms with Gasteiger partial charge in [0.05, 0.1) is 11.3 Å². The minimum atomic E-state index is -4.72. The van der Waals surface area contributed by atoms with Gasteiger partial charge in [0, 0.05) is 48.8 Å². The molecule has 0 radical (unpaired) electrons. The molecule has 3 aromatic rings. The molecule has 2 aromatic heterocycles. The van der Waals surface area contributed by atoms with Gasteiger partial charge in [0.2, 0.25) is 5.91 Å². The van der Waals surface area contributed by atoms with E-state index < -0.39 is 17.6 Å². The third kappa shape index (κ3) is 3.79. The van der Waals surface area contributed by atoms with Gasteiger partial charge in [-0.1, -0.05) is 19.1 Å². The van der Waals surface area contributed by atoms with E-state index in [1.54, 1.807) is 12.1 Å². The van der Waals surface area contributed by atoms with E-state index in [0.29, 0.717) is 12.2 Å². The number of fused-ring (bicyclic) bond motifs is 2. The summed E-state index contributed by atoms with van der Waals surface area (Å²) in [7, 11) is 0. The van der Waals surface area contributed by atoms with E-state index in [4.69, 9.17) is 5.73 Å². The third-order valence-corrected chi connectivity index (χ3v) is 7.90. The molecule has 0 spiro atoms. The Balaban J connectivity index is 1.53. The number of anilines is 2. The number of rotatable bonds is 3. The van der Waals surface area contributed by atoms with Crippen LogP contribution in [0.15, 0.2) is 24.3 Å². The van der Waals surface area contributed by atoms with E-state index in [1.165, 1.54) is 17.4 Å². The molecule has 1 saturated carbocycles. The van der Waals surface area contributed by atoms with Crippen LogP contribution in [0, 0.1) is 0 Å². The van der Waals surface area contributed by atoms with Crippen molar-refractivity contribution in [1.82, 2.24) is 9.88 Å². The second-order valence-corrected chi connectivity index (χ2v) is 10.2. The van der Waals surface area contributed by atoms with Crippen molar-refractivity contribution in [2.24, 2.45) is 0 Å². The number of alkyl halides is 3. The van der Waals surface area contributed by atoms with Crippen molar-refractivity contribution >= 4 is 44.7 Å². The highest BCUT2D eigenvalue weighted by Crippen LogP contribution is 2.48. The molecule has 10 heteroatoms. The lowest BCUT2D eigenvalue weighted by Crippen LogP contribution is -2.36. The first kappa shape index (κ1) is 22.6. The summed E-state index contributed by atoms with van der Waals surface area (Å²) in [5.41, 5.74) is 7.13. The van der Waals surface area contributed by atoms with Crippen molar-refractivity contribution < 1.29 is 22.8 Å². The second-order valence-electron chi connectivity index (χ2n) is 9.22. The van der Waals surface area contributed by atoms with E-state index in [-0.39, 0.29) is 56.3 Å². The van der Waals surface area contributed by atoms with Gasteiger partial charge in [0.1, 0.15) is 9.71 Å². The van der Waals surface area contributed by atoms with Crippen LogP contribution in [0.5, 0.6) is 0 Å². The molecular weight excluding hydrogens is 465 g/mol. The Kier molecular flexibility index (Phi) is 5.12. The van der Waals surface area contributed by atoms with Crippen molar-refractivity contribution in [3.05, 3.63) is 51.5 Å². The molecule has 34 heavy (non-hydrogen) atoms. The summed E-state index contributed by atoms with van der Waals surface area (Å²) in [6, 6.07) is 7.48. The molecule has 6 nitrogen and oxygen atoms in total. The number of halogens is 3. The van der Waals surface area contributed by atoms with Gasteiger partial charge in [-0.15, -0.1) is 11.3 Å². The standard InChI is InChI=1S/C24H23F3N4O2S/c1-12(32)31-10-7-16-15(11-31)18(24(25,26)27)17-19(28)20(34-22(17)30-16)21(33)29-14-5-3-13(4-6-14)23(2)8-9-23/h3-6H,7-11,28H2,1-2H3,(H,29,33). The predicted octanol–water partition coefficient (Wildman–Crippen LogP) is 5.11.